The molecule has 2 aliphatic rings. The van der Waals surface area contributed by atoms with Crippen LogP contribution in [0.2, 0.25) is 0 Å². The van der Waals surface area contributed by atoms with Crippen molar-refractivity contribution < 1.29 is 35.1 Å². The standard InChI is InChI=1S/C31H31F8N/c1-2-3-4-5-17-6-8-18(9-7-17)19-10-11-26(40-16-19)20-12-22(32)27(23(33)13-20)30(37)29(36)21-14-24(34)28(31(38)39)25(35)15-21/h10-15,17-18,31,40H,2-9,16H2,1H3/b30-29+. The number of halogens is 8. The summed E-state index contributed by atoms with van der Waals surface area (Å²) in [5.41, 5.74) is -2.41. The average molecular weight is 570 g/mol. The Morgan fingerprint density at radius 1 is 0.825 bits per heavy atom. The summed E-state index contributed by atoms with van der Waals surface area (Å²) in [6.07, 6.45) is 9.69. The third-order valence-corrected chi connectivity index (χ3v) is 7.85. The molecule has 2 aromatic carbocycles. The van der Waals surface area contributed by atoms with Crippen molar-refractivity contribution in [2.24, 2.45) is 11.8 Å². The first-order valence-corrected chi connectivity index (χ1v) is 13.6. The molecule has 1 heterocycles. The molecule has 4 rings (SSSR count). The van der Waals surface area contributed by atoms with Gasteiger partial charge in [-0.2, -0.15) is 0 Å². The van der Waals surface area contributed by atoms with Crippen LogP contribution in [0.5, 0.6) is 0 Å². The van der Waals surface area contributed by atoms with E-state index in [2.05, 4.69) is 12.2 Å². The molecule has 0 aromatic heterocycles. The van der Waals surface area contributed by atoms with Crippen LogP contribution in [0.3, 0.4) is 0 Å². The van der Waals surface area contributed by atoms with Crippen LogP contribution in [-0.4, -0.2) is 6.54 Å². The SMILES string of the molecule is CCCCCC1CCC(C2=CC=C(c3cc(F)c(/C(F)=C(\F)c4cc(F)c(C(F)F)c(F)c4)c(F)c3)NC2)CC1. The molecule has 1 aliphatic heterocycles. The van der Waals surface area contributed by atoms with Crippen molar-refractivity contribution in [1.29, 1.82) is 0 Å². The van der Waals surface area contributed by atoms with E-state index in [0.717, 1.165) is 30.9 Å². The highest BCUT2D eigenvalue weighted by atomic mass is 19.3. The maximum absolute atomic E-state index is 14.8. The van der Waals surface area contributed by atoms with E-state index in [4.69, 9.17) is 0 Å². The minimum Gasteiger partial charge on any atom is -0.381 e. The molecule has 1 fully saturated rings. The Bertz CT molecular complexity index is 1270. The highest BCUT2D eigenvalue weighted by Crippen LogP contribution is 2.38. The summed E-state index contributed by atoms with van der Waals surface area (Å²) in [6, 6.07) is 1.93. The summed E-state index contributed by atoms with van der Waals surface area (Å²) in [7, 11) is 0. The molecule has 0 unspecified atom stereocenters. The lowest BCUT2D eigenvalue weighted by Gasteiger charge is -2.32. The summed E-state index contributed by atoms with van der Waals surface area (Å²) in [6.45, 7) is 2.69. The van der Waals surface area contributed by atoms with Crippen LogP contribution in [0, 0.1) is 35.1 Å². The highest BCUT2D eigenvalue weighted by molar-refractivity contribution is 5.84. The molecule has 0 atom stereocenters. The van der Waals surface area contributed by atoms with E-state index in [-0.39, 0.29) is 17.7 Å². The lowest BCUT2D eigenvalue weighted by molar-refractivity contribution is 0.141. The van der Waals surface area contributed by atoms with Gasteiger partial charge in [0.1, 0.15) is 23.3 Å². The van der Waals surface area contributed by atoms with Gasteiger partial charge in [0.25, 0.3) is 6.43 Å². The van der Waals surface area contributed by atoms with Crippen molar-refractivity contribution in [2.75, 3.05) is 6.54 Å². The van der Waals surface area contributed by atoms with Crippen LogP contribution in [0.1, 0.15) is 87.0 Å². The number of alkyl halides is 2. The van der Waals surface area contributed by atoms with E-state index in [9.17, 15) is 35.1 Å². The molecule has 1 nitrogen and oxygen atoms in total. The number of hydrogen-bond acceptors (Lipinski definition) is 1. The van der Waals surface area contributed by atoms with Crippen LogP contribution in [0.4, 0.5) is 35.1 Å². The zero-order valence-corrected chi connectivity index (χ0v) is 22.1. The number of unbranched alkanes of at least 4 members (excludes halogenated alkanes) is 2. The van der Waals surface area contributed by atoms with E-state index in [0.29, 0.717) is 18.2 Å². The van der Waals surface area contributed by atoms with Crippen LogP contribution < -0.4 is 5.32 Å². The largest absolute Gasteiger partial charge is 0.381 e. The van der Waals surface area contributed by atoms with Crippen LogP contribution >= 0.6 is 0 Å². The van der Waals surface area contributed by atoms with E-state index in [1.807, 2.05) is 6.08 Å². The van der Waals surface area contributed by atoms with Gasteiger partial charge in [0, 0.05) is 23.4 Å². The monoisotopic (exact) mass is 569 g/mol. The zero-order chi connectivity index (χ0) is 29.0. The fraction of sp³-hybridized carbons (Fsp3) is 0.419. The zero-order valence-electron chi connectivity index (χ0n) is 22.1. The van der Waals surface area contributed by atoms with Gasteiger partial charge in [-0.1, -0.05) is 38.7 Å². The number of benzene rings is 2. The van der Waals surface area contributed by atoms with Crippen molar-refractivity contribution in [3.63, 3.8) is 0 Å². The second-order valence-electron chi connectivity index (χ2n) is 10.5. The lowest BCUT2D eigenvalue weighted by Crippen LogP contribution is -2.25. The topological polar surface area (TPSA) is 12.0 Å². The molecular formula is C31H31F8N. The van der Waals surface area contributed by atoms with Crippen LogP contribution in [0.15, 0.2) is 42.0 Å². The molecule has 1 N–H and O–H groups in total. The van der Waals surface area contributed by atoms with Gasteiger partial charge >= 0.3 is 0 Å². The van der Waals surface area contributed by atoms with Crippen LogP contribution in [0.25, 0.3) is 17.4 Å². The maximum Gasteiger partial charge on any atom is 0.269 e. The highest BCUT2D eigenvalue weighted by Gasteiger charge is 2.27. The lowest BCUT2D eigenvalue weighted by atomic mass is 9.76. The fourth-order valence-electron chi connectivity index (χ4n) is 5.58. The van der Waals surface area contributed by atoms with Gasteiger partial charge in [0.2, 0.25) is 0 Å². The number of dihydropyridines is 1. The van der Waals surface area contributed by atoms with Gasteiger partial charge in [-0.15, -0.1) is 0 Å². The second kappa shape index (κ2) is 13.0. The summed E-state index contributed by atoms with van der Waals surface area (Å²) in [4.78, 5) is 0. The van der Waals surface area contributed by atoms with Crippen molar-refractivity contribution in [1.82, 2.24) is 5.32 Å². The quantitative estimate of drug-likeness (QED) is 0.180. The summed E-state index contributed by atoms with van der Waals surface area (Å²) in [5, 5.41) is 3.15. The molecule has 0 radical (unpaired) electrons. The minimum atomic E-state index is -3.53. The van der Waals surface area contributed by atoms with Gasteiger partial charge in [-0.25, -0.2) is 35.1 Å². The Morgan fingerprint density at radius 3 is 1.98 bits per heavy atom. The Balaban J connectivity index is 1.51. The Hall–Kier alpha value is -3.10. The molecule has 0 amide bonds. The number of hydrogen-bond donors (Lipinski definition) is 1. The third-order valence-electron chi connectivity index (χ3n) is 7.85. The Morgan fingerprint density at radius 2 is 1.45 bits per heavy atom. The van der Waals surface area contributed by atoms with E-state index in [1.165, 1.54) is 44.1 Å². The predicted octanol–water partition coefficient (Wildman–Crippen LogP) is 10.2. The molecule has 1 aliphatic carbocycles. The van der Waals surface area contributed by atoms with Crippen molar-refractivity contribution in [3.8, 4) is 0 Å². The average Bonchev–Trinajstić information content (AvgIpc) is 2.92. The summed E-state index contributed by atoms with van der Waals surface area (Å²) >= 11 is 0. The van der Waals surface area contributed by atoms with Crippen LogP contribution in [-0.2, 0) is 0 Å². The predicted molar refractivity (Wildman–Crippen MR) is 140 cm³/mol. The van der Waals surface area contributed by atoms with Gasteiger partial charge in [-0.05, 0) is 73.4 Å². The fourth-order valence-corrected chi connectivity index (χ4v) is 5.58. The number of allylic oxidation sites excluding steroid dienone is 2. The molecule has 216 valence electrons. The van der Waals surface area contributed by atoms with Gasteiger partial charge in [0.15, 0.2) is 11.7 Å². The van der Waals surface area contributed by atoms with Crippen molar-refractivity contribution in [3.05, 3.63) is 87.5 Å². The second-order valence-corrected chi connectivity index (χ2v) is 10.5. The van der Waals surface area contributed by atoms with Gasteiger partial charge < -0.3 is 5.32 Å². The normalized spacial score (nSPS) is 20.1. The minimum absolute atomic E-state index is 0.0697. The molecule has 2 aromatic rings. The van der Waals surface area contributed by atoms with Crippen molar-refractivity contribution in [2.45, 2.75) is 64.7 Å². The smallest absolute Gasteiger partial charge is 0.269 e. The molecule has 0 saturated heterocycles. The van der Waals surface area contributed by atoms with Gasteiger partial charge in [0.05, 0.1) is 11.1 Å². The molecule has 0 spiro atoms. The van der Waals surface area contributed by atoms with E-state index >= 15 is 0 Å². The van der Waals surface area contributed by atoms with Crippen molar-refractivity contribution >= 4 is 17.4 Å². The Labute approximate surface area is 228 Å². The molecule has 1 saturated carbocycles. The first-order valence-electron chi connectivity index (χ1n) is 13.6. The summed E-state index contributed by atoms with van der Waals surface area (Å²) in [5.74, 6) is -9.34. The molecule has 40 heavy (non-hydrogen) atoms. The molecule has 0 bridgehead atoms. The third kappa shape index (κ3) is 6.61. The number of rotatable bonds is 9. The number of nitrogens with one attached hydrogen (secondary N) is 1. The molecule has 9 heteroatoms. The van der Waals surface area contributed by atoms with Gasteiger partial charge in [-0.3, -0.25) is 0 Å². The molecular weight excluding hydrogens is 538 g/mol. The maximum atomic E-state index is 14.8. The first-order chi connectivity index (χ1) is 19.1. The Kier molecular flexibility index (Phi) is 9.74. The first kappa shape index (κ1) is 29.9. The van der Waals surface area contributed by atoms with E-state index < -0.39 is 58.0 Å². The van der Waals surface area contributed by atoms with E-state index in [1.54, 1.807) is 6.08 Å². The summed E-state index contributed by atoms with van der Waals surface area (Å²) < 4.78 is 112.